The highest BCUT2D eigenvalue weighted by Crippen LogP contribution is 2.37. The molecule has 0 radical (unpaired) electrons. The van der Waals surface area contributed by atoms with Gasteiger partial charge in [0.2, 0.25) is 10.0 Å². The lowest BCUT2D eigenvalue weighted by atomic mass is 10.1. The predicted octanol–water partition coefficient (Wildman–Crippen LogP) is 3.56. The van der Waals surface area contributed by atoms with Crippen LogP contribution >= 0.6 is 11.6 Å². The summed E-state index contributed by atoms with van der Waals surface area (Å²) in [6.45, 7) is 3.41. The largest absolute Gasteiger partial charge is 0.476 e. The molecule has 1 saturated heterocycles. The lowest BCUT2D eigenvalue weighted by Crippen LogP contribution is -2.50. The first-order valence-corrected chi connectivity index (χ1v) is 13.5. The van der Waals surface area contributed by atoms with Crippen LogP contribution in [0, 0.1) is 0 Å². The summed E-state index contributed by atoms with van der Waals surface area (Å²) in [6, 6.07) is 12.9. The molecule has 33 heavy (non-hydrogen) atoms. The summed E-state index contributed by atoms with van der Waals surface area (Å²) in [4.78, 5) is 15.4. The van der Waals surface area contributed by atoms with Crippen molar-refractivity contribution in [3.05, 3.63) is 58.6 Å². The summed E-state index contributed by atoms with van der Waals surface area (Å²) < 4.78 is 31.6. The first kappa shape index (κ1) is 23.9. The highest BCUT2D eigenvalue weighted by atomic mass is 35.5. The Balaban J connectivity index is 1.40. The van der Waals surface area contributed by atoms with Crippen molar-refractivity contribution in [2.45, 2.75) is 44.9 Å². The quantitative estimate of drug-likeness (QED) is 0.668. The Morgan fingerprint density at radius 3 is 2.55 bits per heavy atom. The van der Waals surface area contributed by atoms with E-state index in [0.717, 1.165) is 31.5 Å². The summed E-state index contributed by atoms with van der Waals surface area (Å²) >= 11 is 6.03. The number of hydrogen-bond acceptors (Lipinski definition) is 5. The zero-order chi connectivity index (χ0) is 23.4. The minimum atomic E-state index is -3.60. The minimum Gasteiger partial charge on any atom is -0.476 e. The molecule has 0 aromatic heterocycles. The second-order valence-corrected chi connectivity index (χ2v) is 11.1. The van der Waals surface area contributed by atoms with Crippen LogP contribution in [0.4, 0.5) is 5.69 Å². The van der Waals surface area contributed by atoms with Gasteiger partial charge in [-0.15, -0.1) is 0 Å². The molecule has 2 aliphatic rings. The molecule has 7 nitrogen and oxygen atoms in total. The van der Waals surface area contributed by atoms with Crippen molar-refractivity contribution < 1.29 is 17.9 Å². The number of fused-ring (bicyclic) bond motifs is 1. The number of nitrogens with zero attached hydrogens (tertiary/aromatic N) is 2. The standard InChI is InChI=1S/C24H30ClN3O4S/c1-33(30,31)28-17-23(32-22-10-9-20(25)14-21(22)28)24(29)26-15-18-7-6-8-19(13-18)16-27-11-4-2-3-5-12-27/h6-10,13-14,23H,2-5,11-12,15-17H2,1H3,(H,26,29). The van der Waals surface area contributed by atoms with Crippen LogP contribution in [0.15, 0.2) is 42.5 Å². The number of nitrogens with one attached hydrogen (secondary N) is 1. The van der Waals surface area contributed by atoms with Gasteiger partial charge in [0.25, 0.3) is 5.91 Å². The topological polar surface area (TPSA) is 79.0 Å². The molecule has 0 aliphatic carbocycles. The Kier molecular flexibility index (Phi) is 7.46. The molecular weight excluding hydrogens is 462 g/mol. The Bertz CT molecular complexity index is 1100. The van der Waals surface area contributed by atoms with Crippen molar-refractivity contribution in [3.8, 4) is 5.75 Å². The molecule has 1 amide bonds. The molecular formula is C24H30ClN3O4S. The van der Waals surface area contributed by atoms with E-state index in [9.17, 15) is 13.2 Å². The van der Waals surface area contributed by atoms with Gasteiger partial charge < -0.3 is 10.1 Å². The zero-order valence-corrected chi connectivity index (χ0v) is 20.4. The second-order valence-electron chi connectivity index (χ2n) is 8.74. The number of anilines is 1. The second kappa shape index (κ2) is 10.3. The maximum absolute atomic E-state index is 12.9. The molecule has 0 bridgehead atoms. The van der Waals surface area contributed by atoms with Gasteiger partial charge in [0.1, 0.15) is 5.75 Å². The summed E-state index contributed by atoms with van der Waals surface area (Å²) in [6.07, 6.45) is 5.26. The van der Waals surface area contributed by atoms with E-state index in [1.807, 2.05) is 12.1 Å². The number of amides is 1. The van der Waals surface area contributed by atoms with E-state index in [0.29, 0.717) is 23.0 Å². The Morgan fingerprint density at radius 1 is 1.09 bits per heavy atom. The molecule has 9 heteroatoms. The van der Waals surface area contributed by atoms with E-state index >= 15 is 0 Å². The molecule has 4 rings (SSSR count). The highest BCUT2D eigenvalue weighted by molar-refractivity contribution is 7.92. The number of likely N-dealkylation sites (tertiary alicyclic amines) is 1. The van der Waals surface area contributed by atoms with E-state index < -0.39 is 16.1 Å². The van der Waals surface area contributed by atoms with Crippen molar-refractivity contribution in [2.75, 3.05) is 30.2 Å². The van der Waals surface area contributed by atoms with Crippen LogP contribution in [0.3, 0.4) is 0 Å². The Hall–Kier alpha value is -2.29. The molecule has 1 unspecified atom stereocenters. The number of carbonyl (C=O) groups excluding carboxylic acids is 1. The van der Waals surface area contributed by atoms with E-state index in [1.165, 1.54) is 41.6 Å². The number of sulfonamides is 1. The fourth-order valence-electron chi connectivity index (χ4n) is 4.37. The predicted molar refractivity (Wildman–Crippen MR) is 130 cm³/mol. The van der Waals surface area contributed by atoms with Crippen molar-refractivity contribution in [1.29, 1.82) is 0 Å². The molecule has 0 saturated carbocycles. The van der Waals surface area contributed by atoms with Crippen molar-refractivity contribution in [1.82, 2.24) is 10.2 Å². The van der Waals surface area contributed by atoms with Gasteiger partial charge in [-0.05, 0) is 55.3 Å². The van der Waals surface area contributed by atoms with Gasteiger partial charge in [-0.25, -0.2) is 8.42 Å². The lowest BCUT2D eigenvalue weighted by molar-refractivity contribution is -0.127. The van der Waals surface area contributed by atoms with Crippen LogP contribution in [0.2, 0.25) is 5.02 Å². The first-order chi connectivity index (χ1) is 15.8. The molecule has 2 aromatic carbocycles. The SMILES string of the molecule is CS(=O)(=O)N1CC(C(=O)NCc2cccc(CN3CCCCCC3)c2)Oc2ccc(Cl)cc21. The number of rotatable bonds is 6. The molecule has 1 atom stereocenters. The minimum absolute atomic E-state index is 0.104. The molecule has 2 heterocycles. The van der Waals surface area contributed by atoms with Gasteiger partial charge in [-0.3, -0.25) is 14.0 Å². The summed E-state index contributed by atoms with van der Waals surface area (Å²) in [7, 11) is -3.60. The number of ether oxygens (including phenoxy) is 1. The van der Waals surface area contributed by atoms with E-state index in [-0.39, 0.29) is 12.5 Å². The van der Waals surface area contributed by atoms with Gasteiger partial charge in [-0.2, -0.15) is 0 Å². The zero-order valence-electron chi connectivity index (χ0n) is 18.8. The van der Waals surface area contributed by atoms with Gasteiger partial charge >= 0.3 is 0 Å². The van der Waals surface area contributed by atoms with Crippen LogP contribution in [0.25, 0.3) is 0 Å². The molecule has 2 aliphatic heterocycles. The monoisotopic (exact) mass is 491 g/mol. The third kappa shape index (κ3) is 6.19. The van der Waals surface area contributed by atoms with Crippen molar-refractivity contribution in [2.24, 2.45) is 0 Å². The fourth-order valence-corrected chi connectivity index (χ4v) is 5.44. The van der Waals surface area contributed by atoms with E-state index in [4.69, 9.17) is 16.3 Å². The van der Waals surface area contributed by atoms with Gasteiger partial charge in [0, 0.05) is 18.1 Å². The third-order valence-corrected chi connectivity index (χ3v) is 7.43. The van der Waals surface area contributed by atoms with Crippen molar-refractivity contribution in [3.63, 3.8) is 0 Å². The molecule has 1 N–H and O–H groups in total. The number of benzene rings is 2. The normalized spacial score (nSPS) is 19.3. The molecule has 2 aromatic rings. The molecule has 1 fully saturated rings. The van der Waals surface area contributed by atoms with Crippen LogP contribution in [0.5, 0.6) is 5.75 Å². The van der Waals surface area contributed by atoms with Gasteiger partial charge in [-0.1, -0.05) is 48.7 Å². The van der Waals surface area contributed by atoms with Gasteiger partial charge in [0.05, 0.1) is 18.5 Å². The van der Waals surface area contributed by atoms with E-state index in [2.05, 4.69) is 22.3 Å². The third-order valence-electron chi connectivity index (χ3n) is 6.05. The average Bonchev–Trinajstić information content (AvgIpc) is 3.05. The van der Waals surface area contributed by atoms with Crippen LogP contribution in [-0.2, 0) is 27.9 Å². The molecule has 178 valence electrons. The summed E-state index contributed by atoms with van der Waals surface area (Å²) in [5, 5.41) is 3.30. The van der Waals surface area contributed by atoms with Crippen LogP contribution in [-0.4, -0.2) is 51.2 Å². The van der Waals surface area contributed by atoms with E-state index in [1.54, 1.807) is 12.1 Å². The highest BCUT2D eigenvalue weighted by Gasteiger charge is 2.35. The number of halogens is 1. The first-order valence-electron chi connectivity index (χ1n) is 11.3. The number of hydrogen-bond donors (Lipinski definition) is 1. The van der Waals surface area contributed by atoms with Gasteiger partial charge in [0.15, 0.2) is 6.10 Å². The number of carbonyl (C=O) groups is 1. The smallest absolute Gasteiger partial charge is 0.263 e. The lowest BCUT2D eigenvalue weighted by Gasteiger charge is -2.34. The maximum Gasteiger partial charge on any atom is 0.263 e. The maximum atomic E-state index is 12.9. The van der Waals surface area contributed by atoms with Crippen molar-refractivity contribution >= 4 is 33.2 Å². The van der Waals surface area contributed by atoms with Crippen LogP contribution in [0.1, 0.15) is 36.8 Å². The summed E-state index contributed by atoms with van der Waals surface area (Å²) in [5.41, 5.74) is 2.57. The Morgan fingerprint density at radius 2 is 1.82 bits per heavy atom. The van der Waals surface area contributed by atoms with Crippen LogP contribution < -0.4 is 14.4 Å². The molecule has 0 spiro atoms. The average molecular weight is 492 g/mol. The fraction of sp³-hybridized carbons (Fsp3) is 0.458. The summed E-state index contributed by atoms with van der Waals surface area (Å²) in [5.74, 6) is -0.0437. The Labute approximate surface area is 200 Å².